The fourth-order valence-corrected chi connectivity index (χ4v) is 2.06. The van der Waals surface area contributed by atoms with Gasteiger partial charge >= 0.3 is 0 Å². The Morgan fingerprint density at radius 1 is 1.53 bits per heavy atom. The summed E-state index contributed by atoms with van der Waals surface area (Å²) in [6.45, 7) is 0.657. The first-order chi connectivity index (χ1) is 8.08. The van der Waals surface area contributed by atoms with Gasteiger partial charge in [-0.3, -0.25) is 14.3 Å². The van der Waals surface area contributed by atoms with Crippen molar-refractivity contribution in [2.45, 2.75) is 25.4 Å². The molecule has 1 aromatic rings. The van der Waals surface area contributed by atoms with Gasteiger partial charge in [-0.05, 0) is 18.9 Å². The zero-order chi connectivity index (χ0) is 12.4. The number of nitrogen functional groups attached to an aromatic ring is 1. The van der Waals surface area contributed by atoms with Gasteiger partial charge in [-0.1, -0.05) is 0 Å². The molecule has 1 aliphatic rings. The molecule has 0 bridgehead atoms. The number of likely N-dealkylation sites (tertiary alicyclic amines) is 1. The van der Waals surface area contributed by atoms with E-state index in [-0.39, 0.29) is 12.5 Å². The molecule has 0 radical (unpaired) electrons. The molecule has 1 unspecified atom stereocenters. The van der Waals surface area contributed by atoms with Crippen molar-refractivity contribution < 1.29 is 9.59 Å². The predicted molar refractivity (Wildman–Crippen MR) is 60.6 cm³/mol. The van der Waals surface area contributed by atoms with Gasteiger partial charge in [-0.15, -0.1) is 0 Å². The van der Waals surface area contributed by atoms with Crippen LogP contribution in [0.15, 0.2) is 12.3 Å². The minimum Gasteiger partial charge on any atom is -0.382 e. The summed E-state index contributed by atoms with van der Waals surface area (Å²) in [5.74, 6) is -0.240. The number of hydrogen-bond acceptors (Lipinski definition) is 4. The van der Waals surface area contributed by atoms with Crippen LogP contribution in [0, 0.1) is 0 Å². The van der Waals surface area contributed by atoms with E-state index in [0.29, 0.717) is 18.8 Å². The summed E-state index contributed by atoms with van der Waals surface area (Å²) in [5, 5.41) is 3.92. The Bertz CT molecular complexity index is 442. The van der Waals surface area contributed by atoms with Crippen molar-refractivity contribution in [1.82, 2.24) is 14.7 Å². The molecule has 17 heavy (non-hydrogen) atoms. The van der Waals surface area contributed by atoms with Gasteiger partial charge in [0.05, 0.1) is 0 Å². The van der Waals surface area contributed by atoms with E-state index < -0.39 is 11.9 Å². The third-order valence-electron chi connectivity index (χ3n) is 2.86. The SMILES string of the molecule is NC(=O)C1CCCN1C(=O)Cn1ccc(N)n1. The molecule has 2 rings (SSSR count). The molecular weight excluding hydrogens is 222 g/mol. The lowest BCUT2D eigenvalue weighted by Gasteiger charge is -2.21. The first-order valence-corrected chi connectivity index (χ1v) is 5.45. The summed E-state index contributed by atoms with van der Waals surface area (Å²) in [5.41, 5.74) is 10.7. The summed E-state index contributed by atoms with van der Waals surface area (Å²) in [6, 6.07) is 1.14. The van der Waals surface area contributed by atoms with E-state index in [0.717, 1.165) is 6.42 Å². The molecular formula is C10H15N5O2. The number of hydrogen-bond donors (Lipinski definition) is 2. The summed E-state index contributed by atoms with van der Waals surface area (Å²) in [6.07, 6.45) is 3.07. The maximum absolute atomic E-state index is 12.0. The molecule has 0 saturated carbocycles. The second kappa shape index (κ2) is 4.44. The molecule has 2 amide bonds. The van der Waals surface area contributed by atoms with Gasteiger partial charge in [0.15, 0.2) is 0 Å². The van der Waals surface area contributed by atoms with Crippen LogP contribution in [0.4, 0.5) is 5.82 Å². The quantitative estimate of drug-likeness (QED) is 0.698. The maximum Gasteiger partial charge on any atom is 0.244 e. The maximum atomic E-state index is 12.0. The van der Waals surface area contributed by atoms with E-state index in [1.807, 2.05) is 0 Å². The first kappa shape index (κ1) is 11.4. The molecule has 0 aromatic carbocycles. The third kappa shape index (κ3) is 2.38. The number of aromatic nitrogens is 2. The lowest BCUT2D eigenvalue weighted by molar-refractivity contribution is -0.137. The Hall–Kier alpha value is -2.05. The minimum atomic E-state index is -0.476. The van der Waals surface area contributed by atoms with Crippen LogP contribution in [0.25, 0.3) is 0 Å². The van der Waals surface area contributed by atoms with Crippen LogP contribution in [0.3, 0.4) is 0 Å². The lowest BCUT2D eigenvalue weighted by Crippen LogP contribution is -2.45. The number of rotatable bonds is 3. The third-order valence-corrected chi connectivity index (χ3v) is 2.86. The standard InChI is InChI=1S/C10H15N5O2/c11-8-3-5-14(13-8)6-9(16)15-4-1-2-7(15)10(12)17/h3,5,7H,1-2,4,6H2,(H2,11,13)(H2,12,17). The van der Waals surface area contributed by atoms with Crippen molar-refractivity contribution in [3.63, 3.8) is 0 Å². The Balaban J connectivity index is 2.02. The second-order valence-corrected chi connectivity index (χ2v) is 4.09. The van der Waals surface area contributed by atoms with E-state index >= 15 is 0 Å². The Labute approximate surface area is 98.4 Å². The van der Waals surface area contributed by atoms with Crippen LogP contribution in [0.5, 0.6) is 0 Å². The predicted octanol–water partition coefficient (Wildman–Crippen LogP) is -1.06. The summed E-state index contributed by atoms with van der Waals surface area (Å²) in [4.78, 5) is 24.6. The number of carbonyl (C=O) groups is 2. The average Bonchev–Trinajstić information content (AvgIpc) is 2.86. The highest BCUT2D eigenvalue weighted by Gasteiger charge is 2.32. The summed E-state index contributed by atoms with van der Waals surface area (Å²) >= 11 is 0. The van der Waals surface area contributed by atoms with E-state index in [1.54, 1.807) is 12.3 Å². The lowest BCUT2D eigenvalue weighted by atomic mass is 10.2. The molecule has 1 aliphatic heterocycles. The van der Waals surface area contributed by atoms with Crippen molar-refractivity contribution in [2.24, 2.45) is 5.73 Å². The Morgan fingerprint density at radius 2 is 2.29 bits per heavy atom. The van der Waals surface area contributed by atoms with Gasteiger partial charge < -0.3 is 16.4 Å². The molecule has 1 aromatic heterocycles. The number of primary amides is 1. The van der Waals surface area contributed by atoms with E-state index in [1.165, 1.54) is 9.58 Å². The van der Waals surface area contributed by atoms with E-state index in [9.17, 15) is 9.59 Å². The monoisotopic (exact) mass is 237 g/mol. The van der Waals surface area contributed by atoms with Crippen molar-refractivity contribution in [1.29, 1.82) is 0 Å². The topological polar surface area (TPSA) is 107 Å². The normalized spacial score (nSPS) is 19.5. The van der Waals surface area contributed by atoms with Crippen LogP contribution in [-0.2, 0) is 16.1 Å². The smallest absolute Gasteiger partial charge is 0.244 e. The average molecular weight is 237 g/mol. The van der Waals surface area contributed by atoms with Gasteiger partial charge in [0, 0.05) is 12.7 Å². The number of anilines is 1. The fourth-order valence-electron chi connectivity index (χ4n) is 2.06. The number of amides is 2. The Kier molecular flexibility index (Phi) is 2.99. The molecule has 7 nitrogen and oxygen atoms in total. The van der Waals surface area contributed by atoms with Crippen molar-refractivity contribution in [3.8, 4) is 0 Å². The molecule has 1 saturated heterocycles. The molecule has 0 spiro atoms. The van der Waals surface area contributed by atoms with Crippen molar-refractivity contribution >= 4 is 17.6 Å². The van der Waals surface area contributed by atoms with E-state index in [4.69, 9.17) is 11.5 Å². The number of nitrogens with zero attached hydrogens (tertiary/aromatic N) is 3. The van der Waals surface area contributed by atoms with Gasteiger partial charge in [0.1, 0.15) is 18.4 Å². The Morgan fingerprint density at radius 3 is 2.88 bits per heavy atom. The zero-order valence-corrected chi connectivity index (χ0v) is 9.37. The van der Waals surface area contributed by atoms with Crippen molar-refractivity contribution in [3.05, 3.63) is 12.3 Å². The van der Waals surface area contributed by atoms with Gasteiger partial charge in [0.25, 0.3) is 0 Å². The molecule has 1 fully saturated rings. The van der Waals surface area contributed by atoms with Gasteiger partial charge in [-0.2, -0.15) is 5.10 Å². The first-order valence-electron chi connectivity index (χ1n) is 5.45. The van der Waals surface area contributed by atoms with Crippen molar-refractivity contribution in [2.75, 3.05) is 12.3 Å². The fraction of sp³-hybridized carbons (Fsp3) is 0.500. The number of carbonyl (C=O) groups excluding carboxylic acids is 2. The summed E-state index contributed by atoms with van der Waals surface area (Å²) in [7, 11) is 0. The minimum absolute atomic E-state index is 0.0843. The van der Waals surface area contributed by atoms with Crippen LogP contribution in [-0.4, -0.2) is 39.1 Å². The van der Waals surface area contributed by atoms with Crippen LogP contribution < -0.4 is 11.5 Å². The highest BCUT2D eigenvalue weighted by atomic mass is 16.2. The number of nitrogens with two attached hydrogens (primary N) is 2. The molecule has 1 atom stereocenters. The molecule has 7 heteroatoms. The second-order valence-electron chi connectivity index (χ2n) is 4.09. The van der Waals surface area contributed by atoms with E-state index in [2.05, 4.69) is 5.10 Å². The highest BCUT2D eigenvalue weighted by molar-refractivity contribution is 5.87. The van der Waals surface area contributed by atoms with Gasteiger partial charge in [0.2, 0.25) is 11.8 Å². The highest BCUT2D eigenvalue weighted by Crippen LogP contribution is 2.17. The van der Waals surface area contributed by atoms with Crippen LogP contribution in [0.1, 0.15) is 12.8 Å². The molecule has 0 aliphatic carbocycles. The zero-order valence-electron chi connectivity index (χ0n) is 9.37. The molecule has 92 valence electrons. The molecule has 2 heterocycles. The summed E-state index contributed by atoms with van der Waals surface area (Å²) < 4.78 is 1.45. The van der Waals surface area contributed by atoms with Crippen LogP contribution in [0.2, 0.25) is 0 Å². The largest absolute Gasteiger partial charge is 0.382 e. The molecule has 4 N–H and O–H groups in total. The van der Waals surface area contributed by atoms with Gasteiger partial charge in [-0.25, -0.2) is 0 Å². The van der Waals surface area contributed by atoms with Crippen LogP contribution >= 0.6 is 0 Å².